The molecule has 25 heavy (non-hydrogen) atoms. The third kappa shape index (κ3) is 2.83. The molecule has 5 nitrogen and oxygen atoms in total. The Bertz CT molecular complexity index is 1040. The first-order valence-electron chi connectivity index (χ1n) is 8.32. The minimum absolute atomic E-state index is 0.153. The summed E-state index contributed by atoms with van der Waals surface area (Å²) in [6.45, 7) is 0.402. The lowest BCUT2D eigenvalue weighted by molar-refractivity contribution is 0.212. The van der Waals surface area contributed by atoms with Crippen LogP contribution in [0.3, 0.4) is 0 Å². The summed E-state index contributed by atoms with van der Waals surface area (Å²) in [5, 5.41) is 9.95. The summed E-state index contributed by atoms with van der Waals surface area (Å²) in [6.07, 6.45) is 5.25. The number of pyridine rings is 1. The Hall–Kier alpha value is -2.58. The van der Waals surface area contributed by atoms with Gasteiger partial charge >= 0.3 is 5.69 Å². The van der Waals surface area contributed by atoms with Crippen LogP contribution < -0.4 is 5.69 Å². The van der Waals surface area contributed by atoms with Gasteiger partial charge in [0.2, 0.25) is 0 Å². The van der Waals surface area contributed by atoms with E-state index in [9.17, 15) is 10.1 Å². The van der Waals surface area contributed by atoms with Gasteiger partial charge in [0.25, 0.3) is 0 Å². The average Bonchev–Trinajstić information content (AvgIpc) is 2.89. The minimum atomic E-state index is -0.300. The topological polar surface area (TPSA) is 74.5 Å². The van der Waals surface area contributed by atoms with E-state index < -0.39 is 0 Å². The zero-order chi connectivity index (χ0) is 17.4. The summed E-state index contributed by atoms with van der Waals surface area (Å²) in [4.78, 5) is 19.5. The van der Waals surface area contributed by atoms with Gasteiger partial charge in [0.05, 0.1) is 39.8 Å². The van der Waals surface area contributed by atoms with E-state index in [1.54, 1.807) is 10.8 Å². The van der Waals surface area contributed by atoms with Crippen molar-refractivity contribution < 1.29 is 0 Å². The number of nitrogens with one attached hydrogen (secondary N) is 1. The number of hydrogen-bond donors (Lipinski definition) is 1. The van der Waals surface area contributed by atoms with Gasteiger partial charge in [0.1, 0.15) is 0 Å². The molecule has 1 aromatic carbocycles. The molecule has 1 aliphatic carbocycles. The highest BCUT2D eigenvalue weighted by molar-refractivity contribution is 6.31. The van der Waals surface area contributed by atoms with Crippen LogP contribution in [0.25, 0.3) is 11.0 Å². The lowest BCUT2D eigenvalue weighted by Gasteiger charge is -2.35. The molecule has 1 saturated carbocycles. The monoisotopic (exact) mass is 352 g/mol. The second kappa shape index (κ2) is 6.05. The largest absolute Gasteiger partial charge is 0.326 e. The van der Waals surface area contributed by atoms with Crippen molar-refractivity contribution >= 4 is 22.6 Å². The molecule has 1 aliphatic rings. The fraction of sp³-hybridized carbons (Fsp3) is 0.316. The number of fused-ring (bicyclic) bond motifs is 1. The third-order valence-electron chi connectivity index (χ3n) is 5.05. The van der Waals surface area contributed by atoms with Crippen LogP contribution in [0.2, 0.25) is 5.02 Å². The summed E-state index contributed by atoms with van der Waals surface area (Å²) in [6, 6.07) is 11.8. The maximum absolute atomic E-state index is 12.2. The molecule has 0 radical (unpaired) electrons. The molecule has 0 unspecified atom stereocenters. The molecular weight excluding hydrogens is 336 g/mol. The van der Waals surface area contributed by atoms with Gasteiger partial charge in [-0.15, -0.1) is 0 Å². The van der Waals surface area contributed by atoms with E-state index in [0.717, 1.165) is 41.6 Å². The Labute approximate surface area is 149 Å². The zero-order valence-corrected chi connectivity index (χ0v) is 14.4. The predicted molar refractivity (Wildman–Crippen MR) is 96.5 cm³/mol. The van der Waals surface area contributed by atoms with Crippen LogP contribution in [0, 0.1) is 16.7 Å². The lowest BCUT2D eigenvalue weighted by atomic mass is 9.67. The minimum Gasteiger partial charge on any atom is -0.306 e. The first-order chi connectivity index (χ1) is 12.1. The molecule has 0 saturated heterocycles. The molecule has 2 aromatic heterocycles. The smallest absolute Gasteiger partial charge is 0.306 e. The van der Waals surface area contributed by atoms with Gasteiger partial charge in [-0.1, -0.05) is 30.2 Å². The number of halogens is 1. The molecule has 1 fully saturated rings. The summed E-state index contributed by atoms with van der Waals surface area (Å²) < 4.78 is 1.67. The van der Waals surface area contributed by atoms with Crippen LogP contribution >= 0.6 is 11.6 Å². The van der Waals surface area contributed by atoms with E-state index in [1.165, 1.54) is 0 Å². The summed E-state index contributed by atoms with van der Waals surface area (Å²) in [7, 11) is 0. The summed E-state index contributed by atoms with van der Waals surface area (Å²) in [5.74, 6) is 0. The molecule has 6 heteroatoms. The van der Waals surface area contributed by atoms with Crippen LogP contribution in [0.1, 0.15) is 30.5 Å². The van der Waals surface area contributed by atoms with Gasteiger partial charge in [-0.25, -0.2) is 4.79 Å². The SMILES string of the molecule is N#CC1(Cc2ncc(Cn3c(=O)[nH]c4ccccc43)cc2Cl)CCC1. The Kier molecular flexibility index (Phi) is 3.85. The van der Waals surface area contributed by atoms with Gasteiger partial charge in [0.15, 0.2) is 0 Å². The van der Waals surface area contributed by atoms with Crippen LogP contribution in [0.15, 0.2) is 41.3 Å². The Morgan fingerprint density at radius 2 is 2.16 bits per heavy atom. The Balaban J connectivity index is 1.62. The number of H-pyrrole nitrogens is 1. The van der Waals surface area contributed by atoms with Crippen LogP contribution in [-0.4, -0.2) is 14.5 Å². The fourth-order valence-corrected chi connectivity index (χ4v) is 3.68. The predicted octanol–water partition coefficient (Wildman–Crippen LogP) is 3.66. The van der Waals surface area contributed by atoms with Gasteiger partial charge in [-0.3, -0.25) is 9.55 Å². The van der Waals surface area contributed by atoms with Crippen molar-refractivity contribution in [3.05, 3.63) is 63.3 Å². The first kappa shape index (κ1) is 15.9. The third-order valence-corrected chi connectivity index (χ3v) is 5.38. The Morgan fingerprint density at radius 1 is 1.36 bits per heavy atom. The molecule has 0 amide bonds. The maximum atomic E-state index is 12.2. The normalized spacial score (nSPS) is 15.7. The second-order valence-electron chi connectivity index (χ2n) is 6.73. The molecule has 0 spiro atoms. The van der Waals surface area contributed by atoms with Crippen LogP contribution in [0.4, 0.5) is 0 Å². The van der Waals surface area contributed by atoms with E-state index in [0.29, 0.717) is 18.0 Å². The van der Waals surface area contributed by atoms with Gasteiger partial charge < -0.3 is 4.98 Å². The average molecular weight is 353 g/mol. The standard InChI is InChI=1S/C19H17ClN4O/c20-14-8-13(10-22-16(14)9-19(12-21)6-3-7-19)11-24-17-5-2-1-4-15(17)23-18(24)25/h1-2,4-5,8,10H,3,6-7,9,11H2,(H,23,25). The molecule has 0 bridgehead atoms. The van der Waals surface area contributed by atoms with Crippen molar-refractivity contribution in [2.45, 2.75) is 32.2 Å². The number of benzene rings is 1. The van der Waals surface area contributed by atoms with Crippen LogP contribution in [0.5, 0.6) is 0 Å². The number of nitriles is 1. The van der Waals surface area contributed by atoms with Crippen molar-refractivity contribution in [1.29, 1.82) is 5.26 Å². The number of hydrogen-bond acceptors (Lipinski definition) is 3. The van der Waals surface area contributed by atoms with Gasteiger partial charge in [-0.05, 0) is 36.6 Å². The van der Waals surface area contributed by atoms with Gasteiger partial charge in [0, 0.05) is 12.6 Å². The summed E-state index contributed by atoms with van der Waals surface area (Å²) >= 11 is 6.40. The van der Waals surface area contributed by atoms with Crippen molar-refractivity contribution in [2.24, 2.45) is 5.41 Å². The zero-order valence-electron chi connectivity index (χ0n) is 13.6. The van der Waals surface area contributed by atoms with Crippen molar-refractivity contribution in [2.75, 3.05) is 0 Å². The molecular formula is C19H17ClN4O. The van der Waals surface area contributed by atoms with Crippen LogP contribution in [-0.2, 0) is 13.0 Å². The van der Waals surface area contributed by atoms with E-state index >= 15 is 0 Å². The van der Waals surface area contributed by atoms with E-state index in [-0.39, 0.29) is 11.1 Å². The maximum Gasteiger partial charge on any atom is 0.326 e. The molecule has 0 aliphatic heterocycles. The highest BCUT2D eigenvalue weighted by Gasteiger charge is 2.38. The number of rotatable bonds is 4. The van der Waals surface area contributed by atoms with E-state index in [4.69, 9.17) is 11.6 Å². The number of para-hydroxylation sites is 2. The molecule has 1 N–H and O–H groups in total. The van der Waals surface area contributed by atoms with E-state index in [2.05, 4.69) is 16.0 Å². The molecule has 0 atom stereocenters. The highest BCUT2D eigenvalue weighted by atomic mass is 35.5. The quantitative estimate of drug-likeness (QED) is 0.778. The first-order valence-corrected chi connectivity index (χ1v) is 8.70. The second-order valence-corrected chi connectivity index (χ2v) is 7.14. The van der Waals surface area contributed by atoms with E-state index in [1.807, 2.05) is 30.3 Å². The molecule has 3 aromatic rings. The van der Waals surface area contributed by atoms with Crippen molar-refractivity contribution in [3.8, 4) is 6.07 Å². The highest BCUT2D eigenvalue weighted by Crippen LogP contribution is 2.43. The lowest BCUT2D eigenvalue weighted by Crippen LogP contribution is -2.30. The summed E-state index contributed by atoms with van der Waals surface area (Å²) in [5.41, 5.74) is 2.83. The van der Waals surface area contributed by atoms with Crippen molar-refractivity contribution in [1.82, 2.24) is 14.5 Å². The number of nitrogens with zero attached hydrogens (tertiary/aromatic N) is 3. The van der Waals surface area contributed by atoms with Gasteiger partial charge in [-0.2, -0.15) is 5.26 Å². The molecule has 2 heterocycles. The molecule has 126 valence electrons. The Morgan fingerprint density at radius 3 is 2.84 bits per heavy atom. The number of aromatic amines is 1. The number of imidazole rings is 1. The molecule has 4 rings (SSSR count). The number of aromatic nitrogens is 3. The van der Waals surface area contributed by atoms with Crippen molar-refractivity contribution in [3.63, 3.8) is 0 Å². The fourth-order valence-electron chi connectivity index (χ4n) is 3.42.